The first kappa shape index (κ1) is 27.5. The minimum atomic E-state index is -4.59. The van der Waals surface area contributed by atoms with Crippen molar-refractivity contribution in [1.29, 1.82) is 0 Å². The highest BCUT2D eigenvalue weighted by Crippen LogP contribution is 2.48. The van der Waals surface area contributed by atoms with Crippen LogP contribution in [0.1, 0.15) is 29.7 Å². The molecule has 1 saturated carbocycles. The van der Waals surface area contributed by atoms with Crippen molar-refractivity contribution in [3.05, 3.63) is 107 Å². The molecule has 212 valence electrons. The van der Waals surface area contributed by atoms with Gasteiger partial charge in [0.25, 0.3) is 0 Å². The lowest BCUT2D eigenvalue weighted by atomic mass is 9.93. The molecular weight excluding hydrogens is 567 g/mol. The van der Waals surface area contributed by atoms with Gasteiger partial charge in [0.15, 0.2) is 5.76 Å². The van der Waals surface area contributed by atoms with Crippen molar-refractivity contribution >= 4 is 29.1 Å². The number of pyridine rings is 1. The van der Waals surface area contributed by atoms with Crippen LogP contribution in [0, 0.1) is 6.92 Å². The molecule has 0 saturated heterocycles. The van der Waals surface area contributed by atoms with Gasteiger partial charge in [0, 0.05) is 11.1 Å². The molecule has 10 heteroatoms. The number of anilines is 2. The summed E-state index contributed by atoms with van der Waals surface area (Å²) in [6, 6.07) is 23.9. The maximum atomic E-state index is 13.4. The van der Waals surface area contributed by atoms with E-state index in [0.717, 1.165) is 28.3 Å². The summed E-state index contributed by atoms with van der Waals surface area (Å²) < 4.78 is 45.8. The number of aromatic nitrogens is 2. The van der Waals surface area contributed by atoms with Crippen molar-refractivity contribution in [2.75, 3.05) is 5.32 Å². The number of carboxylic acids is 1. The Morgan fingerprint density at radius 2 is 1.55 bits per heavy atom. The van der Waals surface area contributed by atoms with E-state index in [4.69, 9.17) is 16.1 Å². The summed E-state index contributed by atoms with van der Waals surface area (Å²) >= 11 is 6.12. The summed E-state index contributed by atoms with van der Waals surface area (Å²) in [5.74, 6) is 0.0589. The average Bonchev–Trinajstić information content (AvgIpc) is 3.72. The predicted octanol–water partition coefficient (Wildman–Crippen LogP) is 8.91. The van der Waals surface area contributed by atoms with Crippen LogP contribution in [0.4, 0.5) is 24.7 Å². The monoisotopic (exact) mass is 589 g/mol. The molecule has 42 heavy (non-hydrogen) atoms. The normalized spacial score (nSPS) is 14.0. The van der Waals surface area contributed by atoms with Crippen molar-refractivity contribution in [1.82, 2.24) is 10.1 Å². The summed E-state index contributed by atoms with van der Waals surface area (Å²) in [5, 5.41) is 16.4. The smallest absolute Gasteiger partial charge is 0.417 e. The molecule has 2 heterocycles. The zero-order valence-corrected chi connectivity index (χ0v) is 22.9. The van der Waals surface area contributed by atoms with Crippen LogP contribution in [0.3, 0.4) is 0 Å². The second-order valence-electron chi connectivity index (χ2n) is 10.2. The third-order valence-electron chi connectivity index (χ3n) is 7.52. The van der Waals surface area contributed by atoms with E-state index in [0.29, 0.717) is 35.8 Å². The van der Waals surface area contributed by atoms with E-state index in [-0.39, 0.29) is 11.3 Å². The number of rotatable bonds is 7. The Labute approximate surface area is 243 Å². The molecule has 6 nitrogen and oxygen atoms in total. The van der Waals surface area contributed by atoms with Crippen LogP contribution in [-0.4, -0.2) is 21.2 Å². The Morgan fingerprint density at radius 1 is 0.929 bits per heavy atom. The van der Waals surface area contributed by atoms with Gasteiger partial charge in [0.1, 0.15) is 17.2 Å². The number of nitrogens with one attached hydrogen (secondary N) is 1. The molecule has 0 unspecified atom stereocenters. The van der Waals surface area contributed by atoms with Crippen LogP contribution < -0.4 is 5.32 Å². The molecule has 1 fully saturated rings. The summed E-state index contributed by atoms with van der Waals surface area (Å²) in [6.07, 6.45) is -3.28. The van der Waals surface area contributed by atoms with Gasteiger partial charge in [-0.05, 0) is 54.7 Å². The van der Waals surface area contributed by atoms with Gasteiger partial charge in [0.2, 0.25) is 0 Å². The Balaban J connectivity index is 1.25. The van der Waals surface area contributed by atoms with Gasteiger partial charge in [-0.1, -0.05) is 83.5 Å². The number of halogens is 4. The molecule has 0 bridgehead atoms. The highest BCUT2D eigenvalue weighted by molar-refractivity contribution is 6.34. The maximum absolute atomic E-state index is 13.4. The minimum Gasteiger partial charge on any atom is -0.481 e. The summed E-state index contributed by atoms with van der Waals surface area (Å²) in [5.41, 5.74) is 3.37. The van der Waals surface area contributed by atoms with E-state index in [9.17, 15) is 23.1 Å². The fraction of sp³-hybridized carbons (Fsp3) is 0.156. The molecule has 0 spiro atoms. The molecule has 1 aliphatic rings. The first-order valence-electron chi connectivity index (χ1n) is 13.1. The lowest BCUT2D eigenvalue weighted by Gasteiger charge is -2.13. The predicted molar refractivity (Wildman–Crippen MR) is 154 cm³/mol. The number of carboxylic acid groups (broad SMARTS) is 1. The minimum absolute atomic E-state index is 0.163. The van der Waals surface area contributed by atoms with Crippen LogP contribution in [0.5, 0.6) is 0 Å². The van der Waals surface area contributed by atoms with Gasteiger partial charge in [-0.2, -0.15) is 13.2 Å². The number of aryl methyl sites for hydroxylation is 1. The van der Waals surface area contributed by atoms with Gasteiger partial charge in [0.05, 0.1) is 21.7 Å². The molecular formula is C32H23ClF3N3O3. The number of hydrogen-bond acceptors (Lipinski definition) is 5. The highest BCUT2D eigenvalue weighted by Gasteiger charge is 2.51. The largest absolute Gasteiger partial charge is 0.481 e. The molecule has 0 aliphatic heterocycles. The Morgan fingerprint density at radius 3 is 2.17 bits per heavy atom. The standard InChI is InChI=1S/C32H23ClF3N3O3/c1-18-28(38-26-7-3-6-25(37-26)23-4-2-5-24(27(23)33)32(34,35)36)29(42-39-18)21-10-8-19(9-11-21)20-12-14-22(15-13-20)31(16-17-31)30(40)41/h2-15H,16-17H2,1H3,(H,37,38)(H,40,41). The molecule has 1 aliphatic carbocycles. The second kappa shape index (κ2) is 10.3. The van der Waals surface area contributed by atoms with E-state index in [1.165, 1.54) is 12.1 Å². The topological polar surface area (TPSA) is 88.2 Å². The van der Waals surface area contributed by atoms with E-state index in [2.05, 4.69) is 15.5 Å². The number of benzene rings is 3. The lowest BCUT2D eigenvalue weighted by Crippen LogP contribution is -2.19. The molecule has 2 aromatic heterocycles. The Hall–Kier alpha value is -4.63. The number of hydrogen-bond donors (Lipinski definition) is 2. The molecule has 0 amide bonds. The zero-order chi connectivity index (χ0) is 29.6. The lowest BCUT2D eigenvalue weighted by molar-refractivity contribution is -0.140. The van der Waals surface area contributed by atoms with Gasteiger partial charge in [-0.25, -0.2) is 4.98 Å². The van der Waals surface area contributed by atoms with Crippen LogP contribution in [-0.2, 0) is 16.4 Å². The molecule has 3 aromatic carbocycles. The fourth-order valence-corrected chi connectivity index (χ4v) is 5.32. The van der Waals surface area contributed by atoms with Crippen molar-refractivity contribution in [2.45, 2.75) is 31.4 Å². The zero-order valence-electron chi connectivity index (χ0n) is 22.2. The van der Waals surface area contributed by atoms with Crippen molar-refractivity contribution in [3.8, 4) is 33.7 Å². The van der Waals surface area contributed by atoms with E-state index in [1.54, 1.807) is 25.1 Å². The average molecular weight is 590 g/mol. The van der Waals surface area contributed by atoms with Gasteiger partial charge >= 0.3 is 12.1 Å². The van der Waals surface area contributed by atoms with Crippen molar-refractivity contribution in [3.63, 3.8) is 0 Å². The van der Waals surface area contributed by atoms with Crippen molar-refractivity contribution < 1.29 is 27.6 Å². The first-order chi connectivity index (χ1) is 20.1. The Kier molecular flexibility index (Phi) is 6.77. The third-order valence-corrected chi connectivity index (χ3v) is 7.93. The van der Waals surface area contributed by atoms with Gasteiger partial charge in [-0.15, -0.1) is 0 Å². The first-order valence-corrected chi connectivity index (χ1v) is 13.5. The molecule has 0 radical (unpaired) electrons. The SMILES string of the molecule is Cc1noc(-c2ccc(-c3ccc(C4(C(=O)O)CC4)cc3)cc2)c1Nc1cccc(-c2cccc(C(F)(F)F)c2Cl)n1. The summed E-state index contributed by atoms with van der Waals surface area (Å²) in [4.78, 5) is 16.1. The number of alkyl halides is 3. The fourth-order valence-electron chi connectivity index (χ4n) is 4.99. The molecule has 5 aromatic rings. The highest BCUT2D eigenvalue weighted by atomic mass is 35.5. The molecule has 6 rings (SSSR count). The summed E-state index contributed by atoms with van der Waals surface area (Å²) in [6.45, 7) is 1.77. The van der Waals surface area contributed by atoms with Crippen LogP contribution in [0.25, 0.3) is 33.7 Å². The third kappa shape index (κ3) is 5.00. The van der Waals surface area contributed by atoms with Gasteiger partial charge in [-0.3, -0.25) is 4.79 Å². The van der Waals surface area contributed by atoms with Crippen molar-refractivity contribution in [2.24, 2.45) is 0 Å². The molecule has 0 atom stereocenters. The Bertz CT molecular complexity index is 1800. The second-order valence-corrected chi connectivity index (χ2v) is 10.6. The van der Waals surface area contributed by atoms with E-state index < -0.39 is 28.1 Å². The maximum Gasteiger partial charge on any atom is 0.417 e. The van der Waals surface area contributed by atoms with Crippen LogP contribution >= 0.6 is 11.6 Å². The quantitative estimate of drug-likeness (QED) is 0.197. The van der Waals surface area contributed by atoms with Crippen LogP contribution in [0.2, 0.25) is 5.02 Å². The number of nitrogens with zero attached hydrogens (tertiary/aromatic N) is 2. The van der Waals surface area contributed by atoms with E-state index >= 15 is 0 Å². The number of aliphatic carboxylic acids is 1. The van der Waals surface area contributed by atoms with E-state index in [1.807, 2.05) is 48.5 Å². The number of carbonyl (C=O) groups is 1. The van der Waals surface area contributed by atoms with Crippen LogP contribution in [0.15, 0.2) is 89.5 Å². The van der Waals surface area contributed by atoms with Gasteiger partial charge < -0.3 is 14.9 Å². The molecule has 2 N–H and O–H groups in total. The summed E-state index contributed by atoms with van der Waals surface area (Å²) in [7, 11) is 0.